The summed E-state index contributed by atoms with van der Waals surface area (Å²) in [6.07, 6.45) is 82.7. The highest BCUT2D eigenvalue weighted by Crippen LogP contribution is 2.21. The number of nitrogens with zero attached hydrogens (tertiary/aromatic N) is 1. The molecular formula is C78H154NO8+. The number of rotatable bonds is 75. The average Bonchev–Trinajstić information content (AvgIpc) is 3.59. The van der Waals surface area contributed by atoms with Gasteiger partial charge in [-0.3, -0.25) is 9.59 Å². The summed E-state index contributed by atoms with van der Waals surface area (Å²) in [6.45, 7) is 4.98. The third kappa shape index (κ3) is 71.6. The summed E-state index contributed by atoms with van der Waals surface area (Å²) in [5.41, 5.74) is 0. The molecule has 9 nitrogen and oxygen atoms in total. The predicted octanol–water partition coefficient (Wildman–Crippen LogP) is 24.6. The number of hydrogen-bond donors (Lipinski definition) is 1. The number of ether oxygens (including phenoxy) is 4. The number of likely N-dealkylation sites (N-methyl/N-ethyl adjacent to an activating group) is 1. The lowest BCUT2D eigenvalue weighted by atomic mass is 10.0. The van der Waals surface area contributed by atoms with E-state index in [1.807, 2.05) is 21.1 Å². The average molecular weight is 1230 g/mol. The summed E-state index contributed by atoms with van der Waals surface area (Å²) >= 11 is 0. The van der Waals surface area contributed by atoms with Gasteiger partial charge in [0.15, 0.2) is 6.10 Å². The highest BCUT2D eigenvalue weighted by molar-refractivity contribution is 5.71. The second-order valence-electron chi connectivity index (χ2n) is 28.4. The number of quaternary nitrogens is 1. The van der Waals surface area contributed by atoms with Crippen molar-refractivity contribution in [1.82, 2.24) is 0 Å². The lowest BCUT2D eigenvalue weighted by Gasteiger charge is -2.25. The first-order valence-corrected chi connectivity index (χ1v) is 39.2. The Balaban J connectivity index is 3.88. The molecule has 0 bridgehead atoms. The molecule has 0 saturated carbocycles. The van der Waals surface area contributed by atoms with Crippen LogP contribution in [0.4, 0.5) is 0 Å². The minimum atomic E-state index is -1.50. The Kier molecular flexibility index (Phi) is 68.8. The summed E-state index contributed by atoms with van der Waals surface area (Å²) in [6, 6.07) is 0. The van der Waals surface area contributed by atoms with Gasteiger partial charge in [0, 0.05) is 12.8 Å². The molecule has 1 N–H and O–H groups in total. The van der Waals surface area contributed by atoms with Crippen LogP contribution >= 0.6 is 0 Å². The molecular weight excluding hydrogens is 1080 g/mol. The molecule has 0 fully saturated rings. The number of carbonyl (C=O) groups excluding carboxylic acids is 2. The Bertz CT molecular complexity index is 1390. The molecule has 9 heteroatoms. The zero-order valence-corrected chi connectivity index (χ0v) is 59.5. The van der Waals surface area contributed by atoms with Crippen LogP contribution in [0.2, 0.25) is 0 Å². The van der Waals surface area contributed by atoms with Crippen LogP contribution in [0.15, 0.2) is 0 Å². The fourth-order valence-electron chi connectivity index (χ4n) is 12.4. The normalized spacial score (nSPS) is 12.5. The van der Waals surface area contributed by atoms with E-state index in [2.05, 4.69) is 13.8 Å². The van der Waals surface area contributed by atoms with E-state index in [0.717, 1.165) is 38.5 Å². The highest BCUT2D eigenvalue weighted by atomic mass is 16.7. The van der Waals surface area contributed by atoms with E-state index in [9.17, 15) is 19.5 Å². The van der Waals surface area contributed by atoms with Gasteiger partial charge >= 0.3 is 17.9 Å². The van der Waals surface area contributed by atoms with E-state index >= 15 is 0 Å². The molecule has 0 saturated heterocycles. The molecule has 0 rings (SSSR count). The standard InChI is InChI=1S/C78H153NO8/c1-6-8-10-12-14-16-18-20-22-24-26-28-29-30-31-32-33-34-35-36-37-38-39-40-41-42-43-44-45-46-47-49-51-53-55-57-59-61-63-65-67-69-76(81)87-74(73-86-78(77(82)83)84-71-70-79(3,4)5)72-85-75(80)68-66-64-62-60-58-56-54-52-50-48-27-25-23-21-19-17-15-13-11-9-7-2/h74,78H,6-73H2,1-5H3/p+1. The molecule has 0 radical (unpaired) electrons. The number of hydrogen-bond acceptors (Lipinski definition) is 7. The minimum Gasteiger partial charge on any atom is -0.477 e. The zero-order valence-electron chi connectivity index (χ0n) is 59.5. The van der Waals surface area contributed by atoms with Gasteiger partial charge in [-0.1, -0.05) is 399 Å². The minimum absolute atomic E-state index is 0.172. The molecule has 0 amide bonds. The fourth-order valence-corrected chi connectivity index (χ4v) is 12.4. The van der Waals surface area contributed by atoms with Crippen molar-refractivity contribution in [3.8, 4) is 0 Å². The van der Waals surface area contributed by atoms with Crippen LogP contribution in [0.1, 0.15) is 425 Å². The van der Waals surface area contributed by atoms with Crippen molar-refractivity contribution in [1.29, 1.82) is 0 Å². The second-order valence-corrected chi connectivity index (χ2v) is 28.4. The van der Waals surface area contributed by atoms with E-state index in [0.29, 0.717) is 17.4 Å². The van der Waals surface area contributed by atoms with Crippen molar-refractivity contribution >= 4 is 17.9 Å². The van der Waals surface area contributed by atoms with Gasteiger partial charge in [-0.2, -0.15) is 0 Å². The summed E-state index contributed by atoms with van der Waals surface area (Å²) in [7, 11) is 6.00. The number of carbonyl (C=O) groups is 3. The van der Waals surface area contributed by atoms with Crippen LogP contribution in [0, 0.1) is 0 Å². The number of aliphatic carboxylic acids is 1. The quantitative estimate of drug-likeness (QED) is 0.0278. The molecule has 0 aromatic carbocycles. The van der Waals surface area contributed by atoms with Gasteiger partial charge in [0.1, 0.15) is 13.2 Å². The van der Waals surface area contributed by atoms with Crippen LogP contribution in [0.25, 0.3) is 0 Å². The smallest absolute Gasteiger partial charge is 0.361 e. The second kappa shape index (κ2) is 70.2. The molecule has 518 valence electrons. The summed E-state index contributed by atoms with van der Waals surface area (Å²) in [5.74, 6) is -1.96. The van der Waals surface area contributed by atoms with Crippen molar-refractivity contribution in [3.05, 3.63) is 0 Å². The van der Waals surface area contributed by atoms with Gasteiger partial charge in [0.2, 0.25) is 0 Å². The number of carboxylic acids is 1. The van der Waals surface area contributed by atoms with Crippen molar-refractivity contribution in [2.24, 2.45) is 0 Å². The molecule has 0 aliphatic heterocycles. The maximum Gasteiger partial charge on any atom is 0.361 e. The maximum absolute atomic E-state index is 13.0. The number of esters is 2. The van der Waals surface area contributed by atoms with E-state index in [-0.39, 0.29) is 38.2 Å². The Morgan fingerprint density at radius 1 is 0.299 bits per heavy atom. The van der Waals surface area contributed by atoms with Crippen molar-refractivity contribution in [2.45, 2.75) is 437 Å². The summed E-state index contributed by atoms with van der Waals surface area (Å²) in [4.78, 5) is 37.6. The zero-order chi connectivity index (χ0) is 63.3. The van der Waals surface area contributed by atoms with Crippen molar-refractivity contribution in [2.75, 3.05) is 47.5 Å². The Morgan fingerprint density at radius 3 is 0.736 bits per heavy atom. The number of carboxylic acid groups (broad SMARTS) is 1. The van der Waals surface area contributed by atoms with Crippen molar-refractivity contribution < 1.29 is 42.9 Å². The van der Waals surface area contributed by atoms with Gasteiger partial charge in [-0.25, -0.2) is 4.79 Å². The molecule has 0 aromatic heterocycles. The first kappa shape index (κ1) is 85.3. The van der Waals surface area contributed by atoms with Gasteiger partial charge < -0.3 is 28.5 Å². The highest BCUT2D eigenvalue weighted by Gasteiger charge is 2.25. The topological polar surface area (TPSA) is 108 Å². The Labute approximate surface area is 543 Å². The maximum atomic E-state index is 13.0. The largest absolute Gasteiger partial charge is 0.477 e. The third-order valence-electron chi connectivity index (χ3n) is 18.4. The Hall–Kier alpha value is -1.71. The predicted molar refractivity (Wildman–Crippen MR) is 374 cm³/mol. The summed E-state index contributed by atoms with van der Waals surface area (Å²) in [5, 5.41) is 9.75. The van der Waals surface area contributed by atoms with Gasteiger partial charge in [0.25, 0.3) is 6.29 Å². The molecule has 0 heterocycles. The van der Waals surface area contributed by atoms with E-state index < -0.39 is 18.4 Å². The lowest BCUT2D eigenvalue weighted by molar-refractivity contribution is -0.870. The van der Waals surface area contributed by atoms with E-state index in [1.54, 1.807) is 0 Å². The van der Waals surface area contributed by atoms with Gasteiger partial charge in [0.05, 0.1) is 34.4 Å². The van der Waals surface area contributed by atoms with E-state index in [4.69, 9.17) is 18.9 Å². The molecule has 0 aliphatic rings. The van der Waals surface area contributed by atoms with Crippen LogP contribution in [-0.2, 0) is 33.3 Å². The van der Waals surface area contributed by atoms with Crippen LogP contribution in [0.5, 0.6) is 0 Å². The van der Waals surface area contributed by atoms with Crippen LogP contribution in [-0.4, -0.2) is 87.4 Å². The Morgan fingerprint density at radius 2 is 0.517 bits per heavy atom. The first-order chi connectivity index (χ1) is 42.6. The first-order valence-electron chi connectivity index (χ1n) is 39.2. The fraction of sp³-hybridized carbons (Fsp3) is 0.962. The summed E-state index contributed by atoms with van der Waals surface area (Å²) < 4.78 is 23.0. The lowest BCUT2D eigenvalue weighted by Crippen LogP contribution is -2.40. The molecule has 0 aliphatic carbocycles. The SMILES string of the molecule is CCCCCCCCCCCCCCCCCCCCCCCCCCCCCCCCCCCCCCCCCCCC(=O)OC(COC(=O)CCCCCCCCCCCCCCCCCCCCCCC)COC(OCC[N+](C)(C)C)C(=O)O. The monoisotopic (exact) mass is 1230 g/mol. The molecule has 0 aromatic rings. The van der Waals surface area contributed by atoms with Gasteiger partial charge in [-0.15, -0.1) is 0 Å². The number of unbranched alkanes of at least 4 members (excludes halogenated alkanes) is 60. The molecule has 0 spiro atoms. The molecule has 87 heavy (non-hydrogen) atoms. The third-order valence-corrected chi connectivity index (χ3v) is 18.4. The van der Waals surface area contributed by atoms with E-state index in [1.165, 1.54) is 360 Å². The van der Waals surface area contributed by atoms with Crippen LogP contribution in [0.3, 0.4) is 0 Å². The molecule has 2 atom stereocenters. The van der Waals surface area contributed by atoms with Gasteiger partial charge in [-0.05, 0) is 12.8 Å². The van der Waals surface area contributed by atoms with Crippen LogP contribution < -0.4 is 0 Å². The molecule has 2 unspecified atom stereocenters. The van der Waals surface area contributed by atoms with Crippen molar-refractivity contribution in [3.63, 3.8) is 0 Å².